The van der Waals surface area contributed by atoms with Crippen molar-refractivity contribution in [1.82, 2.24) is 14.2 Å². The van der Waals surface area contributed by atoms with Gasteiger partial charge in [0.1, 0.15) is 0 Å². The van der Waals surface area contributed by atoms with Gasteiger partial charge in [-0.2, -0.15) is 9.61 Å². The number of benzene rings is 2. The fraction of sp³-hybridized carbons (Fsp3) is 0.0588. The Morgan fingerprint density at radius 3 is 2.43 bits per heavy atom. The lowest BCUT2D eigenvalue weighted by atomic mass is 10.1. The van der Waals surface area contributed by atoms with Gasteiger partial charge < -0.3 is 0 Å². The number of aryl methyl sites for hydroxylation is 1. The number of aromatic nitrogens is 3. The summed E-state index contributed by atoms with van der Waals surface area (Å²) in [6.45, 7) is 0. The average Bonchev–Trinajstić information content (AvgIpc) is 2.99. The second kappa shape index (κ2) is 4.31. The van der Waals surface area contributed by atoms with Crippen LogP contribution in [0.15, 0.2) is 65.5 Å². The lowest BCUT2D eigenvalue weighted by Crippen LogP contribution is -2.25. The van der Waals surface area contributed by atoms with Gasteiger partial charge in [-0.3, -0.25) is 4.57 Å². The number of rotatable bonds is 1. The van der Waals surface area contributed by atoms with E-state index in [1.807, 2.05) is 60.7 Å². The Kier molecular flexibility index (Phi) is 2.44. The van der Waals surface area contributed by atoms with Crippen molar-refractivity contribution in [2.75, 3.05) is 0 Å². The van der Waals surface area contributed by atoms with E-state index < -0.39 is 0 Å². The third-order valence-electron chi connectivity index (χ3n) is 3.79. The maximum Gasteiger partial charge on any atom is 0.349 e. The first-order chi connectivity index (χ1) is 10.3. The highest BCUT2D eigenvalue weighted by molar-refractivity contribution is 5.94. The van der Waals surface area contributed by atoms with Crippen LogP contribution in [0.4, 0.5) is 0 Å². The van der Waals surface area contributed by atoms with Crippen LogP contribution < -0.4 is 5.69 Å². The molecule has 0 atom stereocenters. The smallest absolute Gasteiger partial charge is 0.295 e. The molecular formula is C17H13N3O. The van der Waals surface area contributed by atoms with Crippen molar-refractivity contribution in [2.45, 2.75) is 0 Å². The minimum atomic E-state index is -0.133. The highest BCUT2D eigenvalue weighted by Gasteiger charge is 2.11. The molecule has 4 aromatic rings. The van der Waals surface area contributed by atoms with Crippen LogP contribution in [0.2, 0.25) is 0 Å². The molecule has 0 bridgehead atoms. The zero-order valence-electron chi connectivity index (χ0n) is 11.5. The van der Waals surface area contributed by atoms with Crippen LogP contribution >= 0.6 is 0 Å². The van der Waals surface area contributed by atoms with E-state index in [1.165, 1.54) is 4.52 Å². The standard InChI is InChI=1S/C17H13N3O/c1-19-15-10-6-5-9-13(15)16-11-14(18-20(16)17(19)21)12-7-3-2-4-8-12/h2-11H,1H3. The number of hydrogen-bond donors (Lipinski definition) is 0. The van der Waals surface area contributed by atoms with Gasteiger partial charge in [0, 0.05) is 18.0 Å². The molecule has 0 unspecified atom stereocenters. The molecule has 0 spiro atoms. The van der Waals surface area contributed by atoms with Gasteiger partial charge in [0.25, 0.3) is 0 Å². The van der Waals surface area contributed by atoms with E-state index in [-0.39, 0.29) is 5.69 Å². The first-order valence-corrected chi connectivity index (χ1v) is 6.78. The van der Waals surface area contributed by atoms with Crippen LogP contribution in [0.25, 0.3) is 27.7 Å². The van der Waals surface area contributed by atoms with Crippen molar-refractivity contribution in [2.24, 2.45) is 7.05 Å². The Labute approximate surface area is 120 Å². The molecule has 0 aliphatic rings. The quantitative estimate of drug-likeness (QED) is 0.536. The van der Waals surface area contributed by atoms with Gasteiger partial charge in [-0.15, -0.1) is 0 Å². The van der Waals surface area contributed by atoms with Gasteiger partial charge in [0.15, 0.2) is 0 Å². The SMILES string of the molecule is Cn1c(=O)n2nc(-c3ccccc3)cc2c2ccccc21. The Hall–Kier alpha value is -2.88. The Balaban J connectivity index is 2.15. The van der Waals surface area contributed by atoms with Crippen LogP contribution in [-0.2, 0) is 7.05 Å². The van der Waals surface area contributed by atoms with Crippen LogP contribution in [-0.4, -0.2) is 14.2 Å². The lowest BCUT2D eigenvalue weighted by molar-refractivity contribution is 0.773. The van der Waals surface area contributed by atoms with E-state index in [9.17, 15) is 4.79 Å². The molecule has 2 heterocycles. The third kappa shape index (κ3) is 1.69. The largest absolute Gasteiger partial charge is 0.349 e. The maximum absolute atomic E-state index is 12.5. The van der Waals surface area contributed by atoms with Crippen molar-refractivity contribution >= 4 is 16.4 Å². The highest BCUT2D eigenvalue weighted by Crippen LogP contribution is 2.23. The van der Waals surface area contributed by atoms with Crippen LogP contribution in [0.1, 0.15) is 0 Å². The van der Waals surface area contributed by atoms with Gasteiger partial charge in [0.05, 0.1) is 16.7 Å². The zero-order valence-corrected chi connectivity index (χ0v) is 11.5. The summed E-state index contributed by atoms with van der Waals surface area (Å²) in [5.41, 5.74) is 3.43. The molecule has 0 N–H and O–H groups in total. The van der Waals surface area contributed by atoms with E-state index in [0.29, 0.717) is 0 Å². The number of hydrogen-bond acceptors (Lipinski definition) is 2. The number of para-hydroxylation sites is 1. The second-order valence-corrected chi connectivity index (χ2v) is 5.05. The van der Waals surface area contributed by atoms with E-state index in [1.54, 1.807) is 11.6 Å². The normalized spacial score (nSPS) is 11.3. The Bertz CT molecular complexity index is 1010. The molecule has 0 aliphatic carbocycles. The molecule has 0 amide bonds. The van der Waals surface area contributed by atoms with Crippen molar-refractivity contribution in [3.63, 3.8) is 0 Å². The monoisotopic (exact) mass is 275 g/mol. The zero-order chi connectivity index (χ0) is 14.4. The minimum Gasteiger partial charge on any atom is -0.295 e. The third-order valence-corrected chi connectivity index (χ3v) is 3.79. The summed E-state index contributed by atoms with van der Waals surface area (Å²) >= 11 is 0. The lowest BCUT2D eigenvalue weighted by Gasteiger charge is -2.05. The number of fused-ring (bicyclic) bond motifs is 3. The number of nitrogens with zero attached hydrogens (tertiary/aromatic N) is 3. The fourth-order valence-corrected chi connectivity index (χ4v) is 2.70. The predicted molar refractivity (Wildman–Crippen MR) is 83.4 cm³/mol. The summed E-state index contributed by atoms with van der Waals surface area (Å²) in [6.07, 6.45) is 0. The van der Waals surface area contributed by atoms with Gasteiger partial charge in [-0.1, -0.05) is 48.5 Å². The van der Waals surface area contributed by atoms with E-state index in [0.717, 1.165) is 27.7 Å². The van der Waals surface area contributed by atoms with Crippen molar-refractivity contribution in [1.29, 1.82) is 0 Å². The summed E-state index contributed by atoms with van der Waals surface area (Å²) in [6, 6.07) is 19.7. The maximum atomic E-state index is 12.5. The molecule has 102 valence electrons. The Morgan fingerprint density at radius 1 is 0.905 bits per heavy atom. The molecule has 4 nitrogen and oxygen atoms in total. The summed E-state index contributed by atoms with van der Waals surface area (Å²) in [4.78, 5) is 12.5. The average molecular weight is 275 g/mol. The highest BCUT2D eigenvalue weighted by atomic mass is 16.1. The molecule has 2 aromatic carbocycles. The fourth-order valence-electron chi connectivity index (χ4n) is 2.70. The van der Waals surface area contributed by atoms with E-state index >= 15 is 0 Å². The van der Waals surface area contributed by atoms with Gasteiger partial charge >= 0.3 is 5.69 Å². The molecule has 0 saturated heterocycles. The van der Waals surface area contributed by atoms with Gasteiger partial charge in [-0.25, -0.2) is 4.79 Å². The van der Waals surface area contributed by atoms with Crippen LogP contribution in [0.3, 0.4) is 0 Å². The molecule has 4 heteroatoms. The second-order valence-electron chi connectivity index (χ2n) is 5.05. The molecule has 2 aromatic heterocycles. The molecular weight excluding hydrogens is 262 g/mol. The van der Waals surface area contributed by atoms with Crippen molar-refractivity contribution in [3.8, 4) is 11.3 Å². The molecule has 0 saturated carbocycles. The topological polar surface area (TPSA) is 39.3 Å². The van der Waals surface area contributed by atoms with Crippen molar-refractivity contribution in [3.05, 3.63) is 71.1 Å². The summed E-state index contributed by atoms with van der Waals surface area (Å²) < 4.78 is 3.11. The Morgan fingerprint density at radius 2 is 1.62 bits per heavy atom. The first kappa shape index (κ1) is 11.9. The van der Waals surface area contributed by atoms with Gasteiger partial charge in [-0.05, 0) is 12.1 Å². The van der Waals surface area contributed by atoms with Crippen LogP contribution in [0.5, 0.6) is 0 Å². The minimum absolute atomic E-state index is 0.133. The van der Waals surface area contributed by atoms with Crippen molar-refractivity contribution < 1.29 is 0 Å². The molecule has 0 radical (unpaired) electrons. The molecule has 4 rings (SSSR count). The molecule has 0 aliphatic heterocycles. The molecule has 21 heavy (non-hydrogen) atoms. The van der Waals surface area contributed by atoms with E-state index in [4.69, 9.17) is 0 Å². The first-order valence-electron chi connectivity index (χ1n) is 6.78. The summed E-state index contributed by atoms with van der Waals surface area (Å²) in [7, 11) is 1.77. The van der Waals surface area contributed by atoms with Gasteiger partial charge in [0.2, 0.25) is 0 Å². The predicted octanol–water partition coefficient (Wildman–Crippen LogP) is 2.85. The van der Waals surface area contributed by atoms with E-state index in [2.05, 4.69) is 5.10 Å². The molecule has 0 fully saturated rings. The summed E-state index contributed by atoms with van der Waals surface area (Å²) in [5, 5.41) is 5.50. The summed E-state index contributed by atoms with van der Waals surface area (Å²) in [5.74, 6) is 0. The van der Waals surface area contributed by atoms with Crippen LogP contribution in [0, 0.1) is 0 Å².